The molecule has 1 saturated carbocycles. The van der Waals surface area contributed by atoms with Gasteiger partial charge in [-0.15, -0.1) is 0 Å². The Balaban J connectivity index is 1.71. The number of benzene rings is 1. The maximum atomic E-state index is 12.8. The first-order chi connectivity index (χ1) is 11.7. The molecule has 1 spiro atoms. The number of carbonyl (C=O) groups is 2. The Hall–Kier alpha value is -2.05. The summed E-state index contributed by atoms with van der Waals surface area (Å²) in [5, 5.41) is 2.83. The number of nitrogens with zero attached hydrogens (tertiary/aromatic N) is 1. The van der Waals surface area contributed by atoms with E-state index in [1.165, 1.54) is 12.1 Å². The van der Waals surface area contributed by atoms with Crippen molar-refractivity contribution in [1.29, 1.82) is 0 Å². The van der Waals surface area contributed by atoms with Gasteiger partial charge in [-0.2, -0.15) is 13.2 Å². The molecule has 1 aromatic carbocycles. The van der Waals surface area contributed by atoms with E-state index in [4.69, 9.17) is 0 Å². The van der Waals surface area contributed by atoms with Gasteiger partial charge in [0.1, 0.15) is 5.54 Å². The third kappa shape index (κ3) is 3.37. The number of hydrogen-bond donors (Lipinski definition) is 1. The largest absolute Gasteiger partial charge is 0.416 e. The fraction of sp³-hybridized carbons (Fsp3) is 0.556. The van der Waals surface area contributed by atoms with Crippen LogP contribution in [-0.4, -0.2) is 22.4 Å². The summed E-state index contributed by atoms with van der Waals surface area (Å²) in [5.74, 6) is 0.325. The van der Waals surface area contributed by atoms with Crippen LogP contribution in [-0.2, 0) is 17.5 Å². The smallest absolute Gasteiger partial charge is 0.323 e. The number of carbonyl (C=O) groups excluding carboxylic acids is 2. The van der Waals surface area contributed by atoms with Crippen molar-refractivity contribution in [2.24, 2.45) is 5.92 Å². The van der Waals surface area contributed by atoms with E-state index in [2.05, 4.69) is 12.2 Å². The molecule has 1 aliphatic heterocycles. The van der Waals surface area contributed by atoms with Crippen LogP contribution < -0.4 is 5.32 Å². The Morgan fingerprint density at radius 1 is 1.16 bits per heavy atom. The lowest BCUT2D eigenvalue weighted by Crippen LogP contribution is -2.49. The van der Waals surface area contributed by atoms with Crippen molar-refractivity contribution in [3.05, 3.63) is 35.4 Å². The summed E-state index contributed by atoms with van der Waals surface area (Å²) in [6.07, 6.45) is -0.290. The van der Waals surface area contributed by atoms with E-state index < -0.39 is 23.3 Å². The molecule has 1 aromatic rings. The monoisotopic (exact) mass is 354 g/mol. The Labute approximate surface area is 144 Å². The average Bonchev–Trinajstić information content (AvgIpc) is 2.80. The van der Waals surface area contributed by atoms with E-state index in [-0.39, 0.29) is 12.5 Å². The maximum Gasteiger partial charge on any atom is 0.416 e. The molecule has 0 radical (unpaired) electrons. The van der Waals surface area contributed by atoms with Crippen LogP contribution in [0.25, 0.3) is 0 Å². The van der Waals surface area contributed by atoms with Gasteiger partial charge in [0.25, 0.3) is 5.91 Å². The van der Waals surface area contributed by atoms with Crippen LogP contribution in [0.15, 0.2) is 24.3 Å². The highest BCUT2D eigenvalue weighted by Crippen LogP contribution is 2.38. The number of rotatable bonds is 3. The molecular formula is C18H21F3N2O2. The van der Waals surface area contributed by atoms with Crippen molar-refractivity contribution in [2.75, 3.05) is 0 Å². The molecule has 0 atom stereocenters. The van der Waals surface area contributed by atoms with Gasteiger partial charge < -0.3 is 5.32 Å². The van der Waals surface area contributed by atoms with Crippen molar-refractivity contribution in [1.82, 2.24) is 10.2 Å². The number of nitrogens with one attached hydrogen (secondary N) is 1. The standard InChI is InChI=1S/C18H21F3N2O2/c1-2-12-7-9-17(10-8-12)15(24)23(16(25)22-17)11-13-3-5-14(6-4-13)18(19,20)21/h3-6,12H,2,7-11H2,1H3,(H,22,25). The summed E-state index contributed by atoms with van der Waals surface area (Å²) in [4.78, 5) is 26.2. The van der Waals surface area contributed by atoms with Crippen LogP contribution in [0, 0.1) is 5.92 Å². The Morgan fingerprint density at radius 2 is 1.76 bits per heavy atom. The van der Waals surface area contributed by atoms with Gasteiger partial charge >= 0.3 is 12.2 Å². The summed E-state index contributed by atoms with van der Waals surface area (Å²) in [5.41, 5.74) is -1.08. The van der Waals surface area contributed by atoms with E-state index >= 15 is 0 Å². The summed E-state index contributed by atoms with van der Waals surface area (Å²) >= 11 is 0. The SMILES string of the molecule is CCC1CCC2(CC1)NC(=O)N(Cc1ccc(C(F)(F)F)cc1)C2=O. The molecule has 136 valence electrons. The Kier molecular flexibility index (Phi) is 4.51. The molecular weight excluding hydrogens is 333 g/mol. The lowest BCUT2D eigenvalue weighted by Gasteiger charge is -2.34. The van der Waals surface area contributed by atoms with Crippen LogP contribution in [0.1, 0.15) is 50.2 Å². The van der Waals surface area contributed by atoms with Gasteiger partial charge in [0.05, 0.1) is 12.1 Å². The molecule has 7 heteroatoms. The van der Waals surface area contributed by atoms with Crippen LogP contribution in [0.2, 0.25) is 0 Å². The van der Waals surface area contributed by atoms with Gasteiger partial charge in [-0.25, -0.2) is 4.79 Å². The summed E-state index contributed by atoms with van der Waals surface area (Å²) in [6.45, 7) is 2.11. The number of halogens is 3. The van der Waals surface area contributed by atoms with Gasteiger partial charge in [0.2, 0.25) is 0 Å². The van der Waals surface area contributed by atoms with Crippen molar-refractivity contribution >= 4 is 11.9 Å². The van der Waals surface area contributed by atoms with Crippen molar-refractivity contribution in [3.63, 3.8) is 0 Å². The summed E-state index contributed by atoms with van der Waals surface area (Å²) in [7, 11) is 0. The third-order valence-electron chi connectivity index (χ3n) is 5.40. The average molecular weight is 354 g/mol. The molecule has 0 aromatic heterocycles. The normalized spacial score (nSPS) is 27.0. The second-order valence-corrected chi connectivity index (χ2v) is 6.95. The minimum absolute atomic E-state index is 0.0121. The summed E-state index contributed by atoms with van der Waals surface area (Å²) < 4.78 is 37.9. The number of hydrogen-bond acceptors (Lipinski definition) is 2. The zero-order valence-corrected chi connectivity index (χ0v) is 14.0. The molecule has 2 fully saturated rings. The van der Waals surface area contributed by atoms with Gasteiger partial charge in [0, 0.05) is 0 Å². The molecule has 1 saturated heterocycles. The molecule has 1 heterocycles. The van der Waals surface area contributed by atoms with Gasteiger partial charge in [-0.1, -0.05) is 25.5 Å². The van der Waals surface area contributed by atoms with E-state index in [0.717, 1.165) is 36.3 Å². The third-order valence-corrected chi connectivity index (χ3v) is 5.40. The van der Waals surface area contributed by atoms with E-state index in [1.54, 1.807) is 0 Å². The number of imide groups is 1. The lowest BCUT2D eigenvalue weighted by atomic mass is 9.75. The highest BCUT2D eigenvalue weighted by Gasteiger charge is 2.52. The Bertz CT molecular complexity index is 662. The zero-order valence-electron chi connectivity index (χ0n) is 14.0. The molecule has 4 nitrogen and oxygen atoms in total. The zero-order chi connectivity index (χ0) is 18.2. The van der Waals surface area contributed by atoms with Crippen LogP contribution in [0.4, 0.5) is 18.0 Å². The topological polar surface area (TPSA) is 49.4 Å². The van der Waals surface area contributed by atoms with Crippen LogP contribution >= 0.6 is 0 Å². The number of urea groups is 1. The van der Waals surface area contributed by atoms with E-state index in [1.807, 2.05) is 0 Å². The first kappa shape index (κ1) is 17.8. The maximum absolute atomic E-state index is 12.8. The minimum Gasteiger partial charge on any atom is -0.323 e. The van der Waals surface area contributed by atoms with Crippen molar-refractivity contribution < 1.29 is 22.8 Å². The predicted molar refractivity (Wildman–Crippen MR) is 85.5 cm³/mol. The van der Waals surface area contributed by atoms with E-state index in [9.17, 15) is 22.8 Å². The molecule has 0 bridgehead atoms. The molecule has 3 rings (SSSR count). The molecule has 1 aliphatic carbocycles. The first-order valence-corrected chi connectivity index (χ1v) is 8.55. The molecule has 3 amide bonds. The first-order valence-electron chi connectivity index (χ1n) is 8.55. The second-order valence-electron chi connectivity index (χ2n) is 6.95. The molecule has 0 unspecified atom stereocenters. The van der Waals surface area contributed by atoms with Crippen molar-refractivity contribution in [2.45, 2.75) is 57.3 Å². The fourth-order valence-corrected chi connectivity index (χ4v) is 3.72. The highest BCUT2D eigenvalue weighted by atomic mass is 19.4. The Morgan fingerprint density at radius 3 is 2.28 bits per heavy atom. The van der Waals surface area contributed by atoms with Crippen LogP contribution in [0.3, 0.4) is 0 Å². The predicted octanol–water partition coefficient (Wildman–Crippen LogP) is 4.10. The van der Waals surface area contributed by atoms with Crippen molar-refractivity contribution in [3.8, 4) is 0 Å². The second kappa shape index (κ2) is 6.35. The number of alkyl halides is 3. The number of amides is 3. The van der Waals surface area contributed by atoms with E-state index in [0.29, 0.717) is 24.3 Å². The lowest BCUT2D eigenvalue weighted by molar-refractivity contribution is -0.137. The van der Waals surface area contributed by atoms with Crippen LogP contribution in [0.5, 0.6) is 0 Å². The fourth-order valence-electron chi connectivity index (χ4n) is 3.72. The van der Waals surface area contributed by atoms with Gasteiger partial charge in [-0.05, 0) is 49.3 Å². The molecule has 1 N–H and O–H groups in total. The minimum atomic E-state index is -4.40. The molecule has 25 heavy (non-hydrogen) atoms. The van der Waals surface area contributed by atoms with Gasteiger partial charge in [-0.3, -0.25) is 9.69 Å². The molecule has 2 aliphatic rings. The highest BCUT2D eigenvalue weighted by molar-refractivity contribution is 6.07. The summed E-state index contributed by atoms with van der Waals surface area (Å²) in [6, 6.07) is 4.09. The quantitative estimate of drug-likeness (QED) is 0.831. The van der Waals surface area contributed by atoms with Gasteiger partial charge in [0.15, 0.2) is 0 Å².